The highest BCUT2D eigenvalue weighted by Crippen LogP contribution is 2.41. The molecule has 0 unspecified atom stereocenters. The molecular weight excluding hydrogens is 294 g/mol. The summed E-state index contributed by atoms with van der Waals surface area (Å²) in [5.41, 5.74) is 2.50. The van der Waals surface area contributed by atoms with Gasteiger partial charge in [-0.1, -0.05) is 5.92 Å². The molecule has 0 aliphatic rings. The lowest BCUT2D eigenvalue weighted by molar-refractivity contribution is 0.305. The topological polar surface area (TPSA) is 69.3 Å². The Morgan fingerprint density at radius 2 is 1.96 bits per heavy atom. The zero-order chi connectivity index (χ0) is 16.2. The number of ether oxygens (including phenoxy) is 3. The first-order valence-corrected chi connectivity index (χ1v) is 6.89. The molecule has 1 aromatic carbocycles. The van der Waals surface area contributed by atoms with Crippen molar-refractivity contribution in [1.82, 2.24) is 15.0 Å². The third kappa shape index (κ3) is 2.77. The molecule has 6 heteroatoms. The van der Waals surface area contributed by atoms with Crippen molar-refractivity contribution >= 4 is 11.0 Å². The van der Waals surface area contributed by atoms with Crippen LogP contribution < -0.4 is 14.2 Å². The van der Waals surface area contributed by atoms with Crippen molar-refractivity contribution in [2.45, 2.75) is 0 Å². The fraction of sp³-hybridized carbons (Fsp3) is 0.176. The normalized spacial score (nSPS) is 10.3. The van der Waals surface area contributed by atoms with Crippen molar-refractivity contribution in [2.75, 3.05) is 20.8 Å². The second-order valence-corrected chi connectivity index (χ2v) is 4.68. The molecule has 2 heterocycles. The first-order valence-electron chi connectivity index (χ1n) is 6.89. The zero-order valence-electron chi connectivity index (χ0n) is 12.8. The predicted molar refractivity (Wildman–Crippen MR) is 86.8 cm³/mol. The number of benzene rings is 1. The van der Waals surface area contributed by atoms with Crippen LogP contribution in [0.5, 0.6) is 17.2 Å². The first-order chi connectivity index (χ1) is 11.3. The third-order valence-electron chi connectivity index (χ3n) is 3.32. The van der Waals surface area contributed by atoms with E-state index >= 15 is 0 Å². The lowest BCUT2D eigenvalue weighted by atomic mass is 10.1. The number of imidazole rings is 1. The molecule has 6 nitrogen and oxygen atoms in total. The number of rotatable bonds is 5. The van der Waals surface area contributed by atoms with Gasteiger partial charge in [-0.05, 0) is 18.2 Å². The average Bonchev–Trinajstić information content (AvgIpc) is 3.03. The molecular formula is C17H15N3O3. The van der Waals surface area contributed by atoms with Gasteiger partial charge in [0, 0.05) is 11.8 Å². The summed E-state index contributed by atoms with van der Waals surface area (Å²) in [6, 6.07) is 5.50. The van der Waals surface area contributed by atoms with Crippen LogP contribution >= 0.6 is 0 Å². The highest BCUT2D eigenvalue weighted by atomic mass is 16.5. The minimum Gasteiger partial charge on any atom is -0.493 e. The van der Waals surface area contributed by atoms with E-state index < -0.39 is 0 Å². The third-order valence-corrected chi connectivity index (χ3v) is 3.32. The Morgan fingerprint density at radius 1 is 1.22 bits per heavy atom. The average molecular weight is 309 g/mol. The van der Waals surface area contributed by atoms with Crippen LogP contribution in [0.1, 0.15) is 0 Å². The maximum atomic E-state index is 5.52. The summed E-state index contributed by atoms with van der Waals surface area (Å²) >= 11 is 0. The van der Waals surface area contributed by atoms with Gasteiger partial charge in [0.25, 0.3) is 0 Å². The maximum Gasteiger partial charge on any atom is 0.204 e. The SMILES string of the molecule is C#CCOc1c(OC)cc(-c2nc3cnccc3[nH]2)cc1OC. The summed E-state index contributed by atoms with van der Waals surface area (Å²) in [5.74, 6) is 4.62. The van der Waals surface area contributed by atoms with Gasteiger partial charge in [-0.2, -0.15) is 0 Å². The van der Waals surface area contributed by atoms with E-state index in [9.17, 15) is 0 Å². The molecule has 0 radical (unpaired) electrons. The number of H-pyrrole nitrogens is 1. The van der Waals surface area contributed by atoms with Gasteiger partial charge in [0.1, 0.15) is 17.9 Å². The summed E-state index contributed by atoms with van der Waals surface area (Å²) in [6.45, 7) is 0.127. The monoisotopic (exact) mass is 309 g/mol. The van der Waals surface area contributed by atoms with Crippen molar-refractivity contribution in [3.8, 4) is 41.0 Å². The fourth-order valence-electron chi connectivity index (χ4n) is 2.27. The van der Waals surface area contributed by atoms with E-state index in [-0.39, 0.29) is 6.61 Å². The molecule has 0 aliphatic carbocycles. The number of nitrogens with zero attached hydrogens (tertiary/aromatic N) is 2. The number of hydrogen-bond donors (Lipinski definition) is 1. The Kier molecular flexibility index (Phi) is 4.02. The second-order valence-electron chi connectivity index (χ2n) is 4.68. The Hall–Kier alpha value is -3.20. The smallest absolute Gasteiger partial charge is 0.204 e. The van der Waals surface area contributed by atoms with Crippen LogP contribution in [-0.2, 0) is 0 Å². The first kappa shape index (κ1) is 14.7. The summed E-state index contributed by atoms with van der Waals surface area (Å²) in [4.78, 5) is 11.8. The van der Waals surface area contributed by atoms with E-state index in [4.69, 9.17) is 20.6 Å². The Morgan fingerprint density at radius 3 is 2.57 bits per heavy atom. The van der Waals surface area contributed by atoms with Crippen LogP contribution in [0.15, 0.2) is 30.6 Å². The molecule has 116 valence electrons. The molecule has 0 spiro atoms. The quantitative estimate of drug-likeness (QED) is 0.734. The molecule has 0 amide bonds. The van der Waals surface area contributed by atoms with Crippen molar-refractivity contribution in [2.24, 2.45) is 0 Å². The number of fused-ring (bicyclic) bond motifs is 1. The van der Waals surface area contributed by atoms with Gasteiger partial charge in [0.05, 0.1) is 25.9 Å². The number of methoxy groups -OCH3 is 2. The zero-order valence-corrected chi connectivity index (χ0v) is 12.8. The highest BCUT2D eigenvalue weighted by Gasteiger charge is 2.16. The Labute approximate surface area is 133 Å². The van der Waals surface area contributed by atoms with Crippen LogP contribution in [-0.4, -0.2) is 35.8 Å². The standard InChI is InChI=1S/C17H15N3O3/c1-4-7-23-16-14(21-2)8-11(9-15(16)22-3)17-19-12-5-6-18-10-13(12)20-17/h1,5-6,8-10H,7H2,2-3H3,(H,19,20). The van der Waals surface area contributed by atoms with E-state index in [2.05, 4.69) is 20.9 Å². The van der Waals surface area contributed by atoms with Gasteiger partial charge in [-0.15, -0.1) is 6.42 Å². The van der Waals surface area contributed by atoms with Crippen LogP contribution in [0.25, 0.3) is 22.4 Å². The van der Waals surface area contributed by atoms with Gasteiger partial charge >= 0.3 is 0 Å². The molecule has 0 aliphatic heterocycles. The van der Waals surface area contributed by atoms with E-state index in [0.717, 1.165) is 16.6 Å². The van der Waals surface area contributed by atoms with Crippen LogP contribution in [0, 0.1) is 12.3 Å². The fourth-order valence-corrected chi connectivity index (χ4v) is 2.27. The molecule has 0 bridgehead atoms. The highest BCUT2D eigenvalue weighted by molar-refractivity contribution is 5.79. The van der Waals surface area contributed by atoms with Crippen molar-refractivity contribution < 1.29 is 14.2 Å². The summed E-state index contributed by atoms with van der Waals surface area (Å²) in [7, 11) is 3.12. The minimum atomic E-state index is 0.127. The molecule has 3 aromatic rings. The van der Waals surface area contributed by atoms with Gasteiger partial charge in [-0.25, -0.2) is 4.98 Å². The molecule has 3 rings (SSSR count). The van der Waals surface area contributed by atoms with Crippen molar-refractivity contribution in [1.29, 1.82) is 0 Å². The van der Waals surface area contributed by atoms with Crippen molar-refractivity contribution in [3.63, 3.8) is 0 Å². The molecule has 2 aromatic heterocycles. The molecule has 0 fully saturated rings. The van der Waals surface area contributed by atoms with Gasteiger partial charge < -0.3 is 19.2 Å². The number of pyridine rings is 1. The lowest BCUT2D eigenvalue weighted by Gasteiger charge is -2.14. The number of nitrogens with one attached hydrogen (secondary N) is 1. The van der Waals surface area contributed by atoms with E-state index in [0.29, 0.717) is 23.1 Å². The maximum absolute atomic E-state index is 5.52. The summed E-state index contributed by atoms with van der Waals surface area (Å²) < 4.78 is 16.3. The molecule has 23 heavy (non-hydrogen) atoms. The molecule has 0 saturated heterocycles. The van der Waals surface area contributed by atoms with Gasteiger partial charge in [0.15, 0.2) is 11.5 Å². The summed E-state index contributed by atoms with van der Waals surface area (Å²) in [6.07, 6.45) is 8.66. The number of hydrogen-bond acceptors (Lipinski definition) is 5. The summed E-state index contributed by atoms with van der Waals surface area (Å²) in [5, 5.41) is 0. The van der Waals surface area contributed by atoms with Crippen molar-refractivity contribution in [3.05, 3.63) is 30.6 Å². The van der Waals surface area contributed by atoms with Crippen LogP contribution in [0.2, 0.25) is 0 Å². The number of aromatic amines is 1. The van der Waals surface area contributed by atoms with Gasteiger partial charge in [-0.3, -0.25) is 4.98 Å². The Bertz CT molecular complexity index is 822. The lowest BCUT2D eigenvalue weighted by Crippen LogP contribution is -2.00. The van der Waals surface area contributed by atoms with E-state index in [1.807, 2.05) is 18.2 Å². The molecule has 1 N–H and O–H groups in total. The van der Waals surface area contributed by atoms with Gasteiger partial charge in [0.2, 0.25) is 5.75 Å². The van der Waals surface area contributed by atoms with E-state index in [1.165, 1.54) is 0 Å². The van der Waals surface area contributed by atoms with Crippen LogP contribution in [0.3, 0.4) is 0 Å². The number of aromatic nitrogens is 3. The Balaban J connectivity index is 2.10. The van der Waals surface area contributed by atoms with Crippen LogP contribution in [0.4, 0.5) is 0 Å². The molecule has 0 saturated carbocycles. The number of terminal acetylenes is 1. The molecule has 0 atom stereocenters. The minimum absolute atomic E-state index is 0.127. The van der Waals surface area contributed by atoms with E-state index in [1.54, 1.807) is 26.6 Å². The predicted octanol–water partition coefficient (Wildman–Crippen LogP) is 2.65. The second kappa shape index (κ2) is 6.28. The largest absolute Gasteiger partial charge is 0.493 e.